The third-order valence-electron chi connectivity index (χ3n) is 5.17. The van der Waals surface area contributed by atoms with E-state index in [4.69, 9.17) is 4.74 Å². The van der Waals surface area contributed by atoms with E-state index in [0.717, 1.165) is 22.4 Å². The molecule has 1 aliphatic rings. The molecule has 2 N–H and O–H groups in total. The Morgan fingerprint density at radius 1 is 1.06 bits per heavy atom. The van der Waals surface area contributed by atoms with Crippen molar-refractivity contribution in [3.8, 4) is 11.1 Å². The lowest BCUT2D eigenvalue weighted by Crippen LogP contribution is -2.45. The van der Waals surface area contributed by atoms with Crippen molar-refractivity contribution >= 4 is 29.3 Å². The molecule has 2 aromatic rings. The molecule has 0 radical (unpaired) electrons. The number of benzene rings is 2. The standard InChI is InChI=1S/C24H29N3O4/c1-14(2)31-24(30)26-22-11-15(3)27(17(5)29)23-10-9-19(13-21(22)23)18-7-6-8-20(12-18)25-16(4)28/h6-10,12-15,22H,11H2,1-5H3,(H,25,28)(H,26,30)/t15-,22+/m0/s1. The maximum Gasteiger partial charge on any atom is 0.407 e. The van der Waals surface area contributed by atoms with Crippen molar-refractivity contribution in [1.82, 2.24) is 5.32 Å². The van der Waals surface area contributed by atoms with Crippen molar-refractivity contribution < 1.29 is 19.1 Å². The van der Waals surface area contributed by atoms with Gasteiger partial charge in [0.25, 0.3) is 0 Å². The highest BCUT2D eigenvalue weighted by Gasteiger charge is 2.33. The maximum absolute atomic E-state index is 12.3. The van der Waals surface area contributed by atoms with E-state index >= 15 is 0 Å². The van der Waals surface area contributed by atoms with Crippen LogP contribution in [0.1, 0.15) is 52.6 Å². The molecule has 164 valence electrons. The van der Waals surface area contributed by atoms with Crippen LogP contribution < -0.4 is 15.5 Å². The summed E-state index contributed by atoms with van der Waals surface area (Å²) < 4.78 is 5.27. The number of nitrogens with one attached hydrogen (secondary N) is 2. The quantitative estimate of drug-likeness (QED) is 0.750. The Labute approximate surface area is 182 Å². The highest BCUT2D eigenvalue weighted by Crippen LogP contribution is 2.40. The Bertz CT molecular complexity index is 1000. The van der Waals surface area contributed by atoms with E-state index in [-0.39, 0.29) is 30.0 Å². The number of carbonyl (C=O) groups is 3. The fraction of sp³-hybridized carbons (Fsp3) is 0.375. The second-order valence-corrected chi connectivity index (χ2v) is 8.16. The van der Waals surface area contributed by atoms with Gasteiger partial charge in [0, 0.05) is 31.3 Å². The Balaban J connectivity index is 2.02. The summed E-state index contributed by atoms with van der Waals surface area (Å²) in [5.41, 5.74) is 4.19. The van der Waals surface area contributed by atoms with Crippen molar-refractivity contribution in [2.24, 2.45) is 0 Å². The average molecular weight is 424 g/mol. The van der Waals surface area contributed by atoms with Crippen LogP contribution in [0.25, 0.3) is 11.1 Å². The first kappa shape index (κ1) is 22.3. The Hall–Kier alpha value is -3.35. The minimum Gasteiger partial charge on any atom is -0.447 e. The lowest BCUT2D eigenvalue weighted by atomic mass is 9.89. The summed E-state index contributed by atoms with van der Waals surface area (Å²) in [5, 5.41) is 5.75. The third kappa shape index (κ3) is 5.23. The SMILES string of the molecule is CC(=O)Nc1cccc(-c2ccc3c(c2)[C@H](NC(=O)OC(C)C)C[C@H](C)N3C(C)=O)c1. The van der Waals surface area contributed by atoms with E-state index in [9.17, 15) is 14.4 Å². The molecule has 2 atom stereocenters. The lowest BCUT2D eigenvalue weighted by molar-refractivity contribution is -0.117. The van der Waals surface area contributed by atoms with Gasteiger partial charge in [0.2, 0.25) is 11.8 Å². The van der Waals surface area contributed by atoms with Crippen LogP contribution in [-0.2, 0) is 14.3 Å². The summed E-state index contributed by atoms with van der Waals surface area (Å²) in [6.07, 6.45) is -0.126. The largest absolute Gasteiger partial charge is 0.447 e. The maximum atomic E-state index is 12.3. The zero-order valence-corrected chi connectivity index (χ0v) is 18.6. The smallest absolute Gasteiger partial charge is 0.407 e. The normalized spacial score (nSPS) is 17.7. The number of fused-ring (bicyclic) bond motifs is 1. The third-order valence-corrected chi connectivity index (χ3v) is 5.17. The summed E-state index contributed by atoms with van der Waals surface area (Å²) >= 11 is 0. The Kier molecular flexibility index (Phi) is 6.63. The van der Waals surface area contributed by atoms with Gasteiger partial charge in [0.05, 0.1) is 12.1 Å². The van der Waals surface area contributed by atoms with Gasteiger partial charge >= 0.3 is 6.09 Å². The molecule has 0 aromatic heterocycles. The van der Waals surface area contributed by atoms with E-state index < -0.39 is 6.09 Å². The highest BCUT2D eigenvalue weighted by atomic mass is 16.6. The van der Waals surface area contributed by atoms with Crippen LogP contribution in [0.5, 0.6) is 0 Å². The number of amides is 3. The van der Waals surface area contributed by atoms with Gasteiger partial charge in [-0.3, -0.25) is 9.59 Å². The van der Waals surface area contributed by atoms with E-state index in [1.165, 1.54) is 6.92 Å². The summed E-state index contributed by atoms with van der Waals surface area (Å²) in [5.74, 6) is -0.182. The van der Waals surface area contributed by atoms with Gasteiger partial charge in [-0.05, 0) is 68.1 Å². The number of nitrogens with zero attached hydrogens (tertiary/aromatic N) is 1. The van der Waals surface area contributed by atoms with Gasteiger partial charge in [0.15, 0.2) is 0 Å². The van der Waals surface area contributed by atoms with Crippen molar-refractivity contribution in [2.75, 3.05) is 10.2 Å². The molecule has 0 fully saturated rings. The van der Waals surface area contributed by atoms with Gasteiger partial charge in [-0.1, -0.05) is 18.2 Å². The lowest BCUT2D eigenvalue weighted by Gasteiger charge is -2.39. The molecule has 3 amide bonds. The van der Waals surface area contributed by atoms with Crippen LogP contribution in [0.4, 0.5) is 16.2 Å². The van der Waals surface area contributed by atoms with E-state index in [1.54, 1.807) is 25.7 Å². The molecule has 0 spiro atoms. The minimum absolute atomic E-state index is 0.0441. The van der Waals surface area contributed by atoms with E-state index in [2.05, 4.69) is 10.6 Å². The molecule has 7 heteroatoms. The Morgan fingerprint density at radius 3 is 2.42 bits per heavy atom. The fourth-order valence-corrected chi connectivity index (χ4v) is 4.03. The highest BCUT2D eigenvalue weighted by molar-refractivity contribution is 5.94. The van der Waals surface area contributed by atoms with Crippen LogP contribution >= 0.6 is 0 Å². The van der Waals surface area contributed by atoms with Crippen molar-refractivity contribution in [1.29, 1.82) is 0 Å². The molecule has 0 bridgehead atoms. The number of hydrogen-bond donors (Lipinski definition) is 2. The first-order valence-electron chi connectivity index (χ1n) is 10.4. The average Bonchev–Trinajstić information content (AvgIpc) is 2.66. The molecule has 0 saturated heterocycles. The molecule has 0 aliphatic carbocycles. The number of rotatable bonds is 4. The van der Waals surface area contributed by atoms with Crippen LogP contribution in [0.3, 0.4) is 0 Å². The van der Waals surface area contributed by atoms with Gasteiger partial charge < -0.3 is 20.3 Å². The topological polar surface area (TPSA) is 87.7 Å². The Morgan fingerprint density at radius 2 is 1.77 bits per heavy atom. The molecule has 0 saturated carbocycles. The molecular weight excluding hydrogens is 394 g/mol. The van der Waals surface area contributed by atoms with Gasteiger partial charge in [-0.25, -0.2) is 4.79 Å². The number of hydrogen-bond acceptors (Lipinski definition) is 4. The fourth-order valence-electron chi connectivity index (χ4n) is 4.03. The summed E-state index contributed by atoms with van der Waals surface area (Å²) in [6.45, 7) is 8.59. The van der Waals surface area contributed by atoms with Gasteiger partial charge in [-0.15, -0.1) is 0 Å². The monoisotopic (exact) mass is 423 g/mol. The molecule has 1 aliphatic heterocycles. The molecular formula is C24H29N3O4. The number of anilines is 2. The first-order valence-corrected chi connectivity index (χ1v) is 10.4. The van der Waals surface area contributed by atoms with Crippen LogP contribution in [0.15, 0.2) is 42.5 Å². The first-order chi connectivity index (χ1) is 14.7. The molecule has 7 nitrogen and oxygen atoms in total. The number of carbonyl (C=O) groups excluding carboxylic acids is 3. The molecule has 31 heavy (non-hydrogen) atoms. The molecule has 2 aromatic carbocycles. The zero-order valence-electron chi connectivity index (χ0n) is 18.6. The molecule has 1 heterocycles. The predicted octanol–water partition coefficient (Wildman–Crippen LogP) is 4.63. The second kappa shape index (κ2) is 9.20. The molecule has 3 rings (SSSR count). The van der Waals surface area contributed by atoms with Crippen LogP contribution in [-0.4, -0.2) is 30.1 Å². The van der Waals surface area contributed by atoms with Crippen molar-refractivity contribution in [2.45, 2.75) is 59.2 Å². The minimum atomic E-state index is -0.479. The predicted molar refractivity (Wildman–Crippen MR) is 121 cm³/mol. The van der Waals surface area contributed by atoms with Crippen molar-refractivity contribution in [3.63, 3.8) is 0 Å². The van der Waals surface area contributed by atoms with Crippen LogP contribution in [0.2, 0.25) is 0 Å². The summed E-state index contributed by atoms with van der Waals surface area (Å²) in [7, 11) is 0. The summed E-state index contributed by atoms with van der Waals surface area (Å²) in [4.78, 5) is 37.8. The van der Waals surface area contributed by atoms with Crippen LogP contribution in [0, 0.1) is 0 Å². The van der Waals surface area contributed by atoms with E-state index in [0.29, 0.717) is 12.1 Å². The number of ether oxygens (including phenoxy) is 1. The van der Waals surface area contributed by atoms with Crippen molar-refractivity contribution in [3.05, 3.63) is 48.0 Å². The molecule has 0 unspecified atom stereocenters. The van der Waals surface area contributed by atoms with E-state index in [1.807, 2.05) is 49.4 Å². The van der Waals surface area contributed by atoms with Gasteiger partial charge in [0.1, 0.15) is 0 Å². The van der Waals surface area contributed by atoms with Gasteiger partial charge in [-0.2, -0.15) is 0 Å². The second-order valence-electron chi connectivity index (χ2n) is 8.16. The zero-order chi connectivity index (χ0) is 22.7. The number of alkyl carbamates (subject to hydrolysis) is 1. The summed E-state index contributed by atoms with van der Waals surface area (Å²) in [6, 6.07) is 13.1.